The third-order valence-corrected chi connectivity index (χ3v) is 4.54. The van der Waals surface area contributed by atoms with Crippen LogP contribution in [-0.2, 0) is 24.3 Å². The first-order chi connectivity index (χ1) is 10.8. The molecule has 0 aliphatic rings. The number of benzene rings is 1. The van der Waals surface area contributed by atoms with Gasteiger partial charge in [-0.2, -0.15) is 21.0 Å². The Kier molecular flexibility index (Phi) is 8.33. The van der Waals surface area contributed by atoms with Crippen LogP contribution in [0.2, 0.25) is 0 Å². The summed E-state index contributed by atoms with van der Waals surface area (Å²) in [6, 6.07) is 2.59. The molecule has 1 rings (SSSR count). The van der Waals surface area contributed by atoms with Crippen molar-refractivity contribution in [2.75, 3.05) is 11.1 Å². The van der Waals surface area contributed by atoms with Crippen molar-refractivity contribution in [1.82, 2.24) is 0 Å². The highest BCUT2D eigenvalue weighted by Crippen LogP contribution is 2.32. The van der Waals surface area contributed by atoms with Crippen LogP contribution in [0.15, 0.2) is 21.9 Å². The van der Waals surface area contributed by atoms with Crippen molar-refractivity contribution in [3.05, 3.63) is 17.7 Å². The lowest BCUT2D eigenvalue weighted by atomic mass is 10.2. The molecule has 0 heterocycles. The van der Waals surface area contributed by atoms with Crippen LogP contribution < -0.4 is 5.32 Å². The minimum Gasteiger partial charge on any atom is -0.325 e. The Labute approximate surface area is 143 Å². The first-order valence-corrected chi connectivity index (χ1v) is 9.28. The summed E-state index contributed by atoms with van der Waals surface area (Å²) in [5.74, 6) is 0.289. The average Bonchev–Trinajstić information content (AvgIpc) is 2.46. The molecule has 1 aromatic rings. The van der Waals surface area contributed by atoms with Gasteiger partial charge in [0, 0.05) is 11.3 Å². The Morgan fingerprint density at radius 2 is 2.09 bits per heavy atom. The molecule has 0 bridgehead atoms. The van der Waals surface area contributed by atoms with Crippen LogP contribution in [0, 0.1) is 6.92 Å². The fourth-order valence-electron chi connectivity index (χ4n) is 1.79. The minimum atomic E-state index is -4.57. The second-order valence-electron chi connectivity index (χ2n) is 4.54. The quantitative estimate of drug-likeness (QED) is 0.128. The van der Waals surface area contributed by atoms with Gasteiger partial charge < -0.3 is 5.32 Å². The first kappa shape index (κ1) is 20.2. The van der Waals surface area contributed by atoms with Gasteiger partial charge in [-0.05, 0) is 43.2 Å². The molecule has 1 aromatic carbocycles. The molecule has 11 heteroatoms. The first-order valence-electron chi connectivity index (χ1n) is 6.47. The second-order valence-corrected chi connectivity index (χ2v) is 7.15. The van der Waals surface area contributed by atoms with E-state index >= 15 is 0 Å². The molecule has 8 nitrogen and oxygen atoms in total. The lowest BCUT2D eigenvalue weighted by molar-refractivity contribution is -0.432. The van der Waals surface area contributed by atoms with E-state index in [9.17, 15) is 17.8 Å². The van der Waals surface area contributed by atoms with Crippen LogP contribution in [0.4, 0.5) is 5.69 Å². The van der Waals surface area contributed by atoms with E-state index < -0.39 is 15.0 Å². The summed E-state index contributed by atoms with van der Waals surface area (Å²) in [6.07, 6.45) is 1.59. The maximum atomic E-state index is 11.9. The smallest absolute Gasteiger partial charge is 0.296 e. The molecule has 0 spiro atoms. The monoisotopic (exact) mass is 383 g/mol. The van der Waals surface area contributed by atoms with E-state index in [1.165, 1.54) is 6.07 Å². The van der Waals surface area contributed by atoms with Gasteiger partial charge in [-0.3, -0.25) is 9.35 Å². The van der Waals surface area contributed by atoms with Gasteiger partial charge in [0.1, 0.15) is 4.90 Å². The Morgan fingerprint density at radius 1 is 1.39 bits per heavy atom. The number of carbonyl (C=O) groups excluding carboxylic acids is 1. The Hall–Kier alpha value is -0.820. The average molecular weight is 383 g/mol. The zero-order chi connectivity index (χ0) is 17.5. The molecular weight excluding hydrogens is 366 g/mol. The number of thiol groups is 1. The number of nitrogens with one attached hydrogen (secondary N) is 1. The summed E-state index contributed by atoms with van der Waals surface area (Å²) < 4.78 is 36.7. The van der Waals surface area contributed by atoms with Crippen molar-refractivity contribution in [2.24, 2.45) is 0 Å². The summed E-state index contributed by atoms with van der Waals surface area (Å²) in [7, 11) is -4.57. The maximum Gasteiger partial charge on any atom is 0.296 e. The molecule has 0 aliphatic heterocycles. The predicted octanol–water partition coefficient (Wildman–Crippen LogP) is 2.71. The summed E-state index contributed by atoms with van der Waals surface area (Å²) in [6.45, 7) is 1.56. The molecule has 3 N–H and O–H groups in total. The number of rotatable bonds is 9. The van der Waals surface area contributed by atoms with E-state index in [0.717, 1.165) is 12.5 Å². The van der Waals surface area contributed by atoms with Gasteiger partial charge in [-0.1, -0.05) is 5.04 Å². The lowest BCUT2D eigenvalue weighted by Gasteiger charge is -2.13. The topological polar surface area (TPSA) is 122 Å². The third-order valence-electron chi connectivity index (χ3n) is 2.79. The van der Waals surface area contributed by atoms with Crippen molar-refractivity contribution in [3.63, 3.8) is 0 Å². The predicted molar refractivity (Wildman–Crippen MR) is 88.0 cm³/mol. The van der Waals surface area contributed by atoms with E-state index in [4.69, 9.17) is 5.26 Å². The largest absolute Gasteiger partial charge is 0.325 e. The summed E-state index contributed by atoms with van der Waals surface area (Å²) in [5, 5.41) is 14.1. The summed E-state index contributed by atoms with van der Waals surface area (Å²) >= 11 is 4.59. The van der Waals surface area contributed by atoms with Gasteiger partial charge in [0.15, 0.2) is 0 Å². The molecule has 0 unspecified atom stereocenters. The molecular formula is C12H17NO7S3. The fraction of sp³-hybridized carbons (Fsp3) is 0.417. The number of unbranched alkanes of at least 4 members (excludes halogenated alkanes) is 1. The van der Waals surface area contributed by atoms with Crippen LogP contribution >= 0.6 is 24.7 Å². The van der Waals surface area contributed by atoms with Crippen LogP contribution in [0.5, 0.6) is 0 Å². The van der Waals surface area contributed by atoms with Crippen molar-refractivity contribution < 1.29 is 32.4 Å². The molecule has 1 amide bonds. The number of carbonyl (C=O) groups is 1. The molecule has 0 radical (unpaired) electrons. The van der Waals surface area contributed by atoms with E-state index in [2.05, 4.69) is 27.3 Å². The van der Waals surface area contributed by atoms with Gasteiger partial charge in [0.2, 0.25) is 5.91 Å². The van der Waals surface area contributed by atoms with Crippen molar-refractivity contribution in [3.8, 4) is 0 Å². The van der Waals surface area contributed by atoms with Gasteiger partial charge in [-0.25, -0.2) is 5.26 Å². The van der Waals surface area contributed by atoms with E-state index in [1.54, 1.807) is 6.92 Å². The van der Waals surface area contributed by atoms with Crippen LogP contribution in [0.25, 0.3) is 0 Å². The molecule has 23 heavy (non-hydrogen) atoms. The van der Waals surface area contributed by atoms with Crippen molar-refractivity contribution in [2.45, 2.75) is 36.0 Å². The Balaban J connectivity index is 3.07. The molecule has 0 atom stereocenters. The fourth-order valence-corrected chi connectivity index (χ4v) is 3.33. The zero-order valence-electron chi connectivity index (χ0n) is 12.2. The van der Waals surface area contributed by atoms with Gasteiger partial charge in [0.05, 0.1) is 17.7 Å². The molecule has 0 aliphatic carbocycles. The number of hydrogen-bond acceptors (Lipinski definition) is 8. The minimum absolute atomic E-state index is 0.00218. The summed E-state index contributed by atoms with van der Waals surface area (Å²) in [4.78, 5) is 11.7. The van der Waals surface area contributed by atoms with E-state index in [0.29, 0.717) is 29.8 Å². The SMILES string of the molecule is Cc1cc(SOOO)cc(S(=O)(=O)O)c1NC(=O)CCCCS. The highest BCUT2D eigenvalue weighted by Gasteiger charge is 2.21. The molecule has 130 valence electrons. The molecule has 0 aromatic heterocycles. The van der Waals surface area contributed by atoms with E-state index in [1.807, 2.05) is 0 Å². The van der Waals surface area contributed by atoms with Crippen LogP contribution in [0.3, 0.4) is 0 Å². The second kappa shape index (κ2) is 9.47. The Morgan fingerprint density at radius 3 is 2.65 bits per heavy atom. The normalized spacial score (nSPS) is 11.5. The lowest BCUT2D eigenvalue weighted by Crippen LogP contribution is -2.15. The molecule has 0 saturated heterocycles. The number of anilines is 1. The Bertz CT molecular complexity index is 648. The number of aryl methyl sites for hydroxylation is 1. The van der Waals surface area contributed by atoms with Gasteiger partial charge in [0.25, 0.3) is 10.1 Å². The van der Waals surface area contributed by atoms with Gasteiger partial charge in [-0.15, -0.1) is 4.33 Å². The van der Waals surface area contributed by atoms with Crippen molar-refractivity contribution in [1.29, 1.82) is 0 Å². The maximum absolute atomic E-state index is 11.9. The number of amides is 1. The highest BCUT2D eigenvalue weighted by molar-refractivity contribution is 7.94. The van der Waals surface area contributed by atoms with Crippen LogP contribution in [0.1, 0.15) is 24.8 Å². The van der Waals surface area contributed by atoms with Gasteiger partial charge >= 0.3 is 0 Å². The standard InChI is InChI=1S/C12H17NO7S3/c1-8-6-9(22-20-19-15)7-10(23(16,17)18)12(8)13-11(14)4-2-3-5-21/h6-7,15,21H,2-5H2,1H3,(H,13,14)(H,16,17,18). The third kappa shape index (κ3) is 6.67. The van der Waals surface area contributed by atoms with E-state index in [-0.39, 0.29) is 22.9 Å². The molecule has 0 fully saturated rings. The summed E-state index contributed by atoms with van der Waals surface area (Å²) in [5.41, 5.74) is 0.393. The number of hydrogen-bond donors (Lipinski definition) is 4. The highest BCUT2D eigenvalue weighted by atomic mass is 32.2. The van der Waals surface area contributed by atoms with Crippen molar-refractivity contribution >= 4 is 46.4 Å². The zero-order valence-corrected chi connectivity index (χ0v) is 14.7. The van der Waals surface area contributed by atoms with Crippen LogP contribution in [-0.4, -0.2) is 29.9 Å². The molecule has 0 saturated carbocycles.